The first-order valence-electron chi connectivity index (χ1n) is 4.57. The van der Waals surface area contributed by atoms with Crippen LogP contribution in [0.1, 0.15) is 28.7 Å². The van der Waals surface area contributed by atoms with Crippen molar-refractivity contribution >= 4 is 5.97 Å². The number of rotatable bonds is 3. The van der Waals surface area contributed by atoms with Crippen molar-refractivity contribution in [3.05, 3.63) is 23.0 Å². The van der Waals surface area contributed by atoms with E-state index in [9.17, 15) is 4.79 Å². The highest BCUT2D eigenvalue weighted by atomic mass is 16.4. The standard InChI is InChI=1S/C10H16N2O2/c1-6-4-9(10(13)14)12(3)8(6)5-7(2)11/h4,7H,5,11H2,1-3H3,(H,13,14). The van der Waals surface area contributed by atoms with Crippen molar-refractivity contribution in [2.24, 2.45) is 12.8 Å². The van der Waals surface area contributed by atoms with Gasteiger partial charge in [-0.3, -0.25) is 0 Å². The number of carbonyl (C=O) groups is 1. The zero-order valence-electron chi connectivity index (χ0n) is 8.74. The number of aromatic carboxylic acids is 1. The molecule has 0 spiro atoms. The summed E-state index contributed by atoms with van der Waals surface area (Å²) in [5.74, 6) is -0.897. The van der Waals surface area contributed by atoms with Crippen LogP contribution in [0, 0.1) is 6.92 Å². The van der Waals surface area contributed by atoms with E-state index >= 15 is 0 Å². The number of hydrogen-bond acceptors (Lipinski definition) is 2. The molecule has 1 aromatic rings. The molecule has 1 rings (SSSR count). The van der Waals surface area contributed by atoms with E-state index < -0.39 is 5.97 Å². The van der Waals surface area contributed by atoms with E-state index in [1.807, 2.05) is 13.8 Å². The Hall–Kier alpha value is -1.29. The van der Waals surface area contributed by atoms with Gasteiger partial charge < -0.3 is 15.4 Å². The molecule has 4 nitrogen and oxygen atoms in total. The number of aromatic nitrogens is 1. The van der Waals surface area contributed by atoms with Gasteiger partial charge in [-0.15, -0.1) is 0 Å². The van der Waals surface area contributed by atoms with Crippen LogP contribution < -0.4 is 5.73 Å². The maximum atomic E-state index is 10.8. The Morgan fingerprint density at radius 3 is 2.64 bits per heavy atom. The fourth-order valence-electron chi connectivity index (χ4n) is 1.60. The van der Waals surface area contributed by atoms with Gasteiger partial charge in [-0.25, -0.2) is 4.79 Å². The number of nitrogens with two attached hydrogens (primary N) is 1. The van der Waals surface area contributed by atoms with Gasteiger partial charge in [-0.1, -0.05) is 0 Å². The lowest BCUT2D eigenvalue weighted by atomic mass is 10.1. The van der Waals surface area contributed by atoms with Crippen LogP contribution in [-0.4, -0.2) is 21.7 Å². The molecule has 0 aliphatic carbocycles. The van der Waals surface area contributed by atoms with Crippen LogP contribution in [-0.2, 0) is 13.5 Å². The van der Waals surface area contributed by atoms with Crippen LogP contribution in [0.5, 0.6) is 0 Å². The summed E-state index contributed by atoms with van der Waals surface area (Å²) in [5, 5.41) is 8.89. The predicted molar refractivity (Wildman–Crippen MR) is 54.5 cm³/mol. The molecule has 4 heteroatoms. The molecule has 0 radical (unpaired) electrons. The van der Waals surface area contributed by atoms with Crippen LogP contribution >= 0.6 is 0 Å². The smallest absolute Gasteiger partial charge is 0.352 e. The minimum absolute atomic E-state index is 0.0453. The Bertz CT molecular complexity index is 353. The highest BCUT2D eigenvalue weighted by Gasteiger charge is 2.15. The molecule has 78 valence electrons. The van der Waals surface area contributed by atoms with E-state index in [-0.39, 0.29) is 6.04 Å². The van der Waals surface area contributed by atoms with Gasteiger partial charge in [-0.2, -0.15) is 0 Å². The average Bonchev–Trinajstić information content (AvgIpc) is 2.31. The molecule has 3 N–H and O–H groups in total. The second-order valence-corrected chi connectivity index (χ2v) is 3.70. The summed E-state index contributed by atoms with van der Waals surface area (Å²) >= 11 is 0. The van der Waals surface area contributed by atoms with Gasteiger partial charge in [0.2, 0.25) is 0 Å². The first kappa shape index (κ1) is 10.8. The molecule has 0 saturated carbocycles. The van der Waals surface area contributed by atoms with Crippen LogP contribution in [0.25, 0.3) is 0 Å². The van der Waals surface area contributed by atoms with Gasteiger partial charge in [0.15, 0.2) is 0 Å². The minimum atomic E-state index is -0.897. The highest BCUT2D eigenvalue weighted by molar-refractivity contribution is 5.86. The molecule has 1 atom stereocenters. The fourth-order valence-corrected chi connectivity index (χ4v) is 1.60. The molecule has 0 fully saturated rings. The summed E-state index contributed by atoms with van der Waals surface area (Å²) in [4.78, 5) is 10.8. The van der Waals surface area contributed by atoms with Crippen LogP contribution in [0.3, 0.4) is 0 Å². The van der Waals surface area contributed by atoms with Crippen molar-refractivity contribution in [3.63, 3.8) is 0 Å². The number of nitrogens with zero attached hydrogens (tertiary/aromatic N) is 1. The molecule has 0 saturated heterocycles. The summed E-state index contributed by atoms with van der Waals surface area (Å²) in [6, 6.07) is 1.73. The number of aryl methyl sites for hydroxylation is 1. The number of carboxylic acids is 1. The highest BCUT2D eigenvalue weighted by Crippen LogP contribution is 2.15. The summed E-state index contributed by atoms with van der Waals surface area (Å²) in [5.41, 5.74) is 7.99. The van der Waals surface area contributed by atoms with Crippen LogP contribution in [0.4, 0.5) is 0 Å². The molecule has 0 aliphatic heterocycles. The van der Waals surface area contributed by atoms with Gasteiger partial charge in [0, 0.05) is 25.2 Å². The van der Waals surface area contributed by atoms with E-state index in [0.717, 1.165) is 11.3 Å². The Kier molecular flexibility index (Phi) is 2.96. The zero-order valence-corrected chi connectivity index (χ0v) is 8.74. The monoisotopic (exact) mass is 196 g/mol. The summed E-state index contributed by atoms with van der Waals surface area (Å²) in [6.45, 7) is 3.82. The van der Waals surface area contributed by atoms with Crippen molar-refractivity contribution in [2.75, 3.05) is 0 Å². The van der Waals surface area contributed by atoms with Crippen LogP contribution in [0.15, 0.2) is 6.07 Å². The van der Waals surface area contributed by atoms with Gasteiger partial charge in [0.05, 0.1) is 0 Å². The predicted octanol–water partition coefficient (Wildman–Crippen LogP) is 0.921. The third kappa shape index (κ3) is 1.96. The van der Waals surface area contributed by atoms with Crippen molar-refractivity contribution in [1.82, 2.24) is 4.57 Å². The number of carboxylic acid groups (broad SMARTS) is 1. The molecule has 14 heavy (non-hydrogen) atoms. The maximum absolute atomic E-state index is 10.8. The second-order valence-electron chi connectivity index (χ2n) is 3.70. The Morgan fingerprint density at radius 1 is 1.71 bits per heavy atom. The van der Waals surface area contributed by atoms with E-state index in [0.29, 0.717) is 12.1 Å². The van der Waals surface area contributed by atoms with Gasteiger partial charge in [0.25, 0.3) is 0 Å². The summed E-state index contributed by atoms with van der Waals surface area (Å²) in [7, 11) is 1.76. The average molecular weight is 196 g/mol. The molecular weight excluding hydrogens is 180 g/mol. The molecule has 0 amide bonds. The lowest BCUT2D eigenvalue weighted by Crippen LogP contribution is -2.20. The Morgan fingerprint density at radius 2 is 2.29 bits per heavy atom. The molecule has 1 aromatic heterocycles. The van der Waals surface area contributed by atoms with E-state index in [1.165, 1.54) is 0 Å². The molecule has 0 bridgehead atoms. The largest absolute Gasteiger partial charge is 0.477 e. The van der Waals surface area contributed by atoms with Gasteiger partial charge >= 0.3 is 5.97 Å². The fraction of sp³-hybridized carbons (Fsp3) is 0.500. The Balaban J connectivity index is 3.11. The zero-order chi connectivity index (χ0) is 10.9. The summed E-state index contributed by atoms with van der Waals surface area (Å²) in [6.07, 6.45) is 0.704. The second kappa shape index (κ2) is 3.84. The summed E-state index contributed by atoms with van der Waals surface area (Å²) < 4.78 is 1.70. The lowest BCUT2D eigenvalue weighted by molar-refractivity contribution is 0.0686. The molecular formula is C10H16N2O2. The maximum Gasteiger partial charge on any atom is 0.352 e. The lowest BCUT2D eigenvalue weighted by Gasteiger charge is -2.09. The molecule has 1 heterocycles. The third-order valence-corrected chi connectivity index (χ3v) is 2.31. The third-order valence-electron chi connectivity index (χ3n) is 2.31. The van der Waals surface area contributed by atoms with Crippen molar-refractivity contribution in [2.45, 2.75) is 26.3 Å². The quantitative estimate of drug-likeness (QED) is 0.755. The van der Waals surface area contributed by atoms with E-state index in [1.54, 1.807) is 17.7 Å². The van der Waals surface area contributed by atoms with Crippen molar-refractivity contribution in [1.29, 1.82) is 0 Å². The Labute approximate surface area is 83.3 Å². The van der Waals surface area contributed by atoms with Gasteiger partial charge in [-0.05, 0) is 25.5 Å². The van der Waals surface area contributed by atoms with Crippen molar-refractivity contribution < 1.29 is 9.90 Å². The SMILES string of the molecule is Cc1cc(C(=O)O)n(C)c1CC(C)N. The van der Waals surface area contributed by atoms with E-state index in [2.05, 4.69) is 0 Å². The molecule has 1 unspecified atom stereocenters. The normalized spacial score (nSPS) is 12.9. The first-order chi connectivity index (χ1) is 6.43. The van der Waals surface area contributed by atoms with Crippen molar-refractivity contribution in [3.8, 4) is 0 Å². The topological polar surface area (TPSA) is 68.2 Å². The van der Waals surface area contributed by atoms with Crippen LogP contribution in [0.2, 0.25) is 0 Å². The molecule has 0 aromatic carbocycles. The molecule has 0 aliphatic rings. The first-order valence-corrected chi connectivity index (χ1v) is 4.57. The van der Waals surface area contributed by atoms with Gasteiger partial charge in [0.1, 0.15) is 5.69 Å². The minimum Gasteiger partial charge on any atom is -0.477 e. The van der Waals surface area contributed by atoms with E-state index in [4.69, 9.17) is 10.8 Å². The number of hydrogen-bond donors (Lipinski definition) is 2.